The molecule has 0 unspecified atom stereocenters. The van der Waals surface area contributed by atoms with Crippen molar-refractivity contribution >= 4 is 11.6 Å². The molecule has 0 saturated carbocycles. The SMILES string of the molecule is Cn1ccc(OCc2c(Cl)cccc2CF)n1. The van der Waals surface area contributed by atoms with Crippen molar-refractivity contribution in [3.05, 3.63) is 46.6 Å². The Morgan fingerprint density at radius 3 is 2.88 bits per heavy atom. The van der Waals surface area contributed by atoms with Gasteiger partial charge in [-0.2, -0.15) is 0 Å². The van der Waals surface area contributed by atoms with Crippen LogP contribution in [0.3, 0.4) is 0 Å². The number of aryl methyl sites for hydroxylation is 1. The van der Waals surface area contributed by atoms with Crippen LogP contribution in [0.1, 0.15) is 11.1 Å². The summed E-state index contributed by atoms with van der Waals surface area (Å²) < 4.78 is 19.9. The third-order valence-electron chi connectivity index (χ3n) is 2.41. The second-order valence-electron chi connectivity index (χ2n) is 3.63. The maximum absolute atomic E-state index is 12.8. The summed E-state index contributed by atoms with van der Waals surface area (Å²) in [6.07, 6.45) is 1.78. The average Bonchev–Trinajstić information content (AvgIpc) is 2.73. The first-order valence-electron chi connectivity index (χ1n) is 5.15. The zero-order chi connectivity index (χ0) is 12.3. The molecule has 90 valence electrons. The number of ether oxygens (including phenoxy) is 1. The zero-order valence-corrected chi connectivity index (χ0v) is 10.1. The standard InChI is InChI=1S/C12H12ClFN2O/c1-16-6-5-12(15-16)17-8-10-9(7-14)3-2-4-11(10)13/h2-6H,7-8H2,1H3. The van der Waals surface area contributed by atoms with Crippen LogP contribution in [0.4, 0.5) is 4.39 Å². The molecule has 0 spiro atoms. The van der Waals surface area contributed by atoms with Crippen molar-refractivity contribution in [2.24, 2.45) is 7.05 Å². The molecule has 0 aliphatic heterocycles. The molecule has 1 aromatic heterocycles. The Balaban J connectivity index is 2.13. The first kappa shape index (κ1) is 11.9. The van der Waals surface area contributed by atoms with Crippen molar-refractivity contribution in [1.82, 2.24) is 9.78 Å². The van der Waals surface area contributed by atoms with Gasteiger partial charge in [0.1, 0.15) is 13.3 Å². The van der Waals surface area contributed by atoms with Crippen molar-refractivity contribution in [2.45, 2.75) is 13.3 Å². The minimum atomic E-state index is -0.554. The average molecular weight is 255 g/mol. The number of hydrogen-bond donors (Lipinski definition) is 0. The fourth-order valence-corrected chi connectivity index (χ4v) is 1.76. The molecule has 0 N–H and O–H groups in total. The quantitative estimate of drug-likeness (QED) is 0.838. The lowest BCUT2D eigenvalue weighted by molar-refractivity contribution is 0.288. The van der Waals surface area contributed by atoms with E-state index in [0.717, 1.165) is 0 Å². The molecular formula is C12H12ClFN2O. The van der Waals surface area contributed by atoms with Gasteiger partial charge in [0.15, 0.2) is 0 Å². The molecule has 0 radical (unpaired) electrons. The fraction of sp³-hybridized carbons (Fsp3) is 0.250. The van der Waals surface area contributed by atoms with Crippen LogP contribution in [-0.4, -0.2) is 9.78 Å². The summed E-state index contributed by atoms with van der Waals surface area (Å²) in [5.74, 6) is 0.497. The van der Waals surface area contributed by atoms with Crippen LogP contribution in [0, 0.1) is 0 Å². The van der Waals surface area contributed by atoms with E-state index in [2.05, 4.69) is 5.10 Å². The number of halogens is 2. The van der Waals surface area contributed by atoms with Gasteiger partial charge in [0, 0.05) is 29.9 Å². The number of rotatable bonds is 4. The molecule has 5 heteroatoms. The van der Waals surface area contributed by atoms with Gasteiger partial charge in [-0.3, -0.25) is 4.68 Å². The van der Waals surface area contributed by atoms with E-state index >= 15 is 0 Å². The molecule has 1 aromatic carbocycles. The van der Waals surface area contributed by atoms with Gasteiger partial charge in [0.05, 0.1) is 0 Å². The Morgan fingerprint density at radius 2 is 2.24 bits per heavy atom. The van der Waals surface area contributed by atoms with Crippen LogP contribution in [0.15, 0.2) is 30.5 Å². The van der Waals surface area contributed by atoms with E-state index in [0.29, 0.717) is 22.0 Å². The Bertz CT molecular complexity index is 513. The van der Waals surface area contributed by atoms with E-state index in [4.69, 9.17) is 16.3 Å². The molecule has 0 amide bonds. The van der Waals surface area contributed by atoms with Gasteiger partial charge in [0.2, 0.25) is 5.88 Å². The Kier molecular flexibility index (Phi) is 3.64. The van der Waals surface area contributed by atoms with E-state index < -0.39 is 6.67 Å². The third kappa shape index (κ3) is 2.77. The molecule has 3 nitrogen and oxygen atoms in total. The van der Waals surface area contributed by atoms with Crippen molar-refractivity contribution in [2.75, 3.05) is 0 Å². The number of nitrogens with zero attached hydrogens (tertiary/aromatic N) is 2. The normalized spacial score (nSPS) is 10.5. The Labute approximate surface area is 104 Å². The molecule has 17 heavy (non-hydrogen) atoms. The number of benzene rings is 1. The molecule has 0 fully saturated rings. The molecule has 0 atom stereocenters. The van der Waals surface area contributed by atoms with Crippen molar-refractivity contribution in [1.29, 1.82) is 0 Å². The highest BCUT2D eigenvalue weighted by molar-refractivity contribution is 6.31. The summed E-state index contributed by atoms with van der Waals surface area (Å²) in [5.41, 5.74) is 1.22. The molecular weight excluding hydrogens is 243 g/mol. The van der Waals surface area contributed by atoms with Gasteiger partial charge < -0.3 is 4.74 Å². The third-order valence-corrected chi connectivity index (χ3v) is 2.77. The Morgan fingerprint density at radius 1 is 1.41 bits per heavy atom. The smallest absolute Gasteiger partial charge is 0.233 e. The van der Waals surface area contributed by atoms with Gasteiger partial charge in [-0.25, -0.2) is 4.39 Å². The van der Waals surface area contributed by atoms with Gasteiger partial charge in [-0.15, -0.1) is 5.10 Å². The second-order valence-corrected chi connectivity index (χ2v) is 4.03. The molecule has 0 bridgehead atoms. The van der Waals surface area contributed by atoms with E-state index in [1.54, 1.807) is 42.2 Å². The summed E-state index contributed by atoms with van der Waals surface area (Å²) in [5, 5.41) is 4.58. The maximum Gasteiger partial charge on any atom is 0.233 e. The minimum absolute atomic E-state index is 0.218. The van der Waals surface area contributed by atoms with E-state index in [1.807, 2.05) is 0 Å². The predicted octanol–water partition coefficient (Wildman–Crippen LogP) is 3.12. The first-order chi connectivity index (χ1) is 8.20. The van der Waals surface area contributed by atoms with Crippen LogP contribution >= 0.6 is 11.6 Å². The van der Waals surface area contributed by atoms with E-state index in [-0.39, 0.29) is 6.61 Å². The molecule has 0 aliphatic rings. The van der Waals surface area contributed by atoms with Crippen molar-refractivity contribution in [3.8, 4) is 5.88 Å². The summed E-state index contributed by atoms with van der Waals surface area (Å²) in [6.45, 7) is -0.336. The minimum Gasteiger partial charge on any atom is -0.472 e. The van der Waals surface area contributed by atoms with E-state index in [9.17, 15) is 4.39 Å². The molecule has 2 aromatic rings. The van der Waals surface area contributed by atoms with Crippen molar-refractivity contribution in [3.63, 3.8) is 0 Å². The second kappa shape index (κ2) is 5.19. The van der Waals surface area contributed by atoms with Gasteiger partial charge in [-0.1, -0.05) is 23.7 Å². The van der Waals surface area contributed by atoms with Gasteiger partial charge in [-0.05, 0) is 11.6 Å². The predicted molar refractivity (Wildman–Crippen MR) is 63.8 cm³/mol. The van der Waals surface area contributed by atoms with Gasteiger partial charge >= 0.3 is 0 Å². The largest absolute Gasteiger partial charge is 0.472 e. The molecule has 2 rings (SSSR count). The summed E-state index contributed by atoms with van der Waals surface area (Å²) in [7, 11) is 1.80. The highest BCUT2D eigenvalue weighted by Crippen LogP contribution is 2.22. The number of hydrogen-bond acceptors (Lipinski definition) is 2. The van der Waals surface area contributed by atoms with Crippen molar-refractivity contribution < 1.29 is 9.13 Å². The molecule has 0 aliphatic carbocycles. The Hall–Kier alpha value is -1.55. The molecule has 0 saturated heterocycles. The fourth-order valence-electron chi connectivity index (χ4n) is 1.51. The highest BCUT2D eigenvalue weighted by Gasteiger charge is 2.08. The van der Waals surface area contributed by atoms with E-state index in [1.165, 1.54) is 0 Å². The lowest BCUT2D eigenvalue weighted by Gasteiger charge is -2.09. The van der Waals surface area contributed by atoms with Gasteiger partial charge in [0.25, 0.3) is 0 Å². The van der Waals surface area contributed by atoms with Crippen LogP contribution in [0.25, 0.3) is 0 Å². The zero-order valence-electron chi connectivity index (χ0n) is 9.36. The monoisotopic (exact) mass is 254 g/mol. The summed E-state index contributed by atoms with van der Waals surface area (Å²) in [6, 6.07) is 6.88. The van der Waals surface area contributed by atoms with Crippen LogP contribution in [0.2, 0.25) is 5.02 Å². The lowest BCUT2D eigenvalue weighted by Crippen LogP contribution is -2.01. The van der Waals surface area contributed by atoms with Crippen LogP contribution < -0.4 is 4.74 Å². The maximum atomic E-state index is 12.8. The van der Waals surface area contributed by atoms with Crippen LogP contribution in [-0.2, 0) is 20.3 Å². The van der Waals surface area contributed by atoms with Crippen LogP contribution in [0.5, 0.6) is 5.88 Å². The number of alkyl halides is 1. The lowest BCUT2D eigenvalue weighted by atomic mass is 10.1. The molecule has 1 heterocycles. The highest BCUT2D eigenvalue weighted by atomic mass is 35.5. The summed E-state index contributed by atoms with van der Waals surface area (Å²) >= 11 is 6.01. The summed E-state index contributed by atoms with van der Waals surface area (Å²) in [4.78, 5) is 0. The number of aromatic nitrogens is 2. The topological polar surface area (TPSA) is 27.1 Å². The first-order valence-corrected chi connectivity index (χ1v) is 5.53.